The molecule has 1 aliphatic rings. The topological polar surface area (TPSA) is 45.7 Å². The molecule has 9 heteroatoms. The minimum absolute atomic E-state index is 0.0533. The average Bonchev–Trinajstić information content (AvgIpc) is 2.91. The van der Waals surface area contributed by atoms with Crippen molar-refractivity contribution in [3.63, 3.8) is 0 Å². The molecule has 0 atom stereocenters. The van der Waals surface area contributed by atoms with Crippen molar-refractivity contribution in [2.24, 2.45) is 0 Å². The Morgan fingerprint density at radius 2 is 2.00 bits per heavy atom. The van der Waals surface area contributed by atoms with Gasteiger partial charge in [0.15, 0.2) is 6.61 Å². The minimum Gasteiger partial charge on any atom is -0.484 e. The number of aromatic nitrogens is 1. The molecule has 0 radical (unpaired) electrons. The molecule has 1 saturated heterocycles. The van der Waals surface area contributed by atoms with Gasteiger partial charge in [-0.25, -0.2) is 4.98 Å². The van der Waals surface area contributed by atoms with Crippen LogP contribution in [0.3, 0.4) is 0 Å². The van der Waals surface area contributed by atoms with Crippen molar-refractivity contribution in [1.82, 2.24) is 9.88 Å². The van der Waals surface area contributed by atoms with Gasteiger partial charge in [-0.3, -0.25) is 4.79 Å². The number of halogens is 4. The van der Waals surface area contributed by atoms with Crippen LogP contribution in [0.4, 0.5) is 19.0 Å². The summed E-state index contributed by atoms with van der Waals surface area (Å²) in [6.45, 7) is 3.79. The number of ether oxygens (including phenoxy) is 1. The Kier molecular flexibility index (Phi) is 6.52. The number of hydrogen-bond acceptors (Lipinski definition) is 4. The van der Waals surface area contributed by atoms with Crippen LogP contribution in [-0.4, -0.2) is 48.6 Å². The second kappa shape index (κ2) is 8.90. The predicted molar refractivity (Wildman–Crippen MR) is 104 cm³/mol. The van der Waals surface area contributed by atoms with Crippen LogP contribution >= 0.6 is 11.6 Å². The summed E-state index contributed by atoms with van der Waals surface area (Å²) in [4.78, 5) is 19.9. The number of pyridine rings is 1. The molecule has 1 aliphatic heterocycles. The Morgan fingerprint density at radius 3 is 2.69 bits per heavy atom. The van der Waals surface area contributed by atoms with Crippen molar-refractivity contribution in [3.05, 3.63) is 52.7 Å². The highest BCUT2D eigenvalue weighted by Gasteiger charge is 2.32. The van der Waals surface area contributed by atoms with Crippen LogP contribution in [0, 0.1) is 6.92 Å². The van der Waals surface area contributed by atoms with Gasteiger partial charge in [0.1, 0.15) is 11.6 Å². The SMILES string of the molecule is Cc1cccc(OCC(=O)N2CCCN(c3ncc(C(F)(F)F)cc3Cl)CC2)c1. The highest BCUT2D eigenvalue weighted by Crippen LogP contribution is 2.33. The Bertz CT molecular complexity index is 876. The number of anilines is 1. The first-order valence-corrected chi connectivity index (χ1v) is 9.57. The number of amides is 1. The third-order valence-electron chi connectivity index (χ3n) is 4.65. The lowest BCUT2D eigenvalue weighted by molar-refractivity contribution is -0.137. The second-order valence-electron chi connectivity index (χ2n) is 6.85. The van der Waals surface area contributed by atoms with Gasteiger partial charge in [0.05, 0.1) is 10.6 Å². The number of nitrogens with zero attached hydrogens (tertiary/aromatic N) is 3. The van der Waals surface area contributed by atoms with E-state index >= 15 is 0 Å². The van der Waals surface area contributed by atoms with E-state index in [1.165, 1.54) is 0 Å². The van der Waals surface area contributed by atoms with E-state index in [-0.39, 0.29) is 17.5 Å². The van der Waals surface area contributed by atoms with Crippen molar-refractivity contribution in [2.45, 2.75) is 19.5 Å². The molecule has 0 N–H and O–H groups in total. The molecule has 1 aromatic carbocycles. The predicted octanol–water partition coefficient (Wildman–Crippen LogP) is 4.18. The molecule has 0 spiro atoms. The Balaban J connectivity index is 1.59. The van der Waals surface area contributed by atoms with Gasteiger partial charge in [0, 0.05) is 32.4 Å². The third-order valence-corrected chi connectivity index (χ3v) is 4.93. The number of benzene rings is 1. The molecule has 2 aromatic rings. The number of alkyl halides is 3. The van der Waals surface area contributed by atoms with Crippen LogP contribution in [0.15, 0.2) is 36.5 Å². The third kappa shape index (κ3) is 5.53. The molecule has 3 rings (SSSR count). The molecule has 2 heterocycles. The summed E-state index contributed by atoms with van der Waals surface area (Å²) in [6.07, 6.45) is -3.06. The largest absolute Gasteiger partial charge is 0.484 e. The average molecular weight is 428 g/mol. The molecular weight excluding hydrogens is 407 g/mol. The molecule has 0 unspecified atom stereocenters. The lowest BCUT2D eigenvalue weighted by Crippen LogP contribution is -2.38. The van der Waals surface area contributed by atoms with Gasteiger partial charge in [-0.2, -0.15) is 13.2 Å². The summed E-state index contributed by atoms with van der Waals surface area (Å²) >= 11 is 6.05. The summed E-state index contributed by atoms with van der Waals surface area (Å²) < 4.78 is 44.0. The Morgan fingerprint density at radius 1 is 1.21 bits per heavy atom. The molecule has 1 amide bonds. The molecule has 0 saturated carbocycles. The van der Waals surface area contributed by atoms with Gasteiger partial charge in [0.2, 0.25) is 0 Å². The highest BCUT2D eigenvalue weighted by molar-refractivity contribution is 6.33. The minimum atomic E-state index is -4.49. The van der Waals surface area contributed by atoms with E-state index in [1.807, 2.05) is 25.1 Å². The van der Waals surface area contributed by atoms with Gasteiger partial charge in [0.25, 0.3) is 5.91 Å². The first-order valence-electron chi connectivity index (χ1n) is 9.19. The van der Waals surface area contributed by atoms with Gasteiger partial charge >= 0.3 is 6.18 Å². The fourth-order valence-corrected chi connectivity index (χ4v) is 3.42. The maximum atomic E-state index is 12.8. The van der Waals surface area contributed by atoms with Crippen LogP contribution in [0.2, 0.25) is 5.02 Å². The molecular formula is C20H21ClF3N3O2. The smallest absolute Gasteiger partial charge is 0.417 e. The second-order valence-corrected chi connectivity index (χ2v) is 7.26. The van der Waals surface area contributed by atoms with E-state index in [2.05, 4.69) is 4.98 Å². The van der Waals surface area contributed by atoms with Crippen LogP contribution in [0.5, 0.6) is 5.75 Å². The lowest BCUT2D eigenvalue weighted by atomic mass is 10.2. The fraction of sp³-hybridized carbons (Fsp3) is 0.400. The maximum absolute atomic E-state index is 12.8. The first-order chi connectivity index (χ1) is 13.7. The van der Waals surface area contributed by atoms with Crippen molar-refractivity contribution >= 4 is 23.3 Å². The zero-order valence-corrected chi connectivity index (χ0v) is 16.6. The number of hydrogen-bond donors (Lipinski definition) is 0. The van der Waals surface area contributed by atoms with E-state index in [0.717, 1.165) is 17.8 Å². The summed E-state index contributed by atoms with van der Waals surface area (Å²) in [7, 11) is 0. The van der Waals surface area contributed by atoms with Gasteiger partial charge in [-0.05, 0) is 37.1 Å². The normalized spacial score (nSPS) is 15.2. The molecule has 0 aliphatic carbocycles. The summed E-state index contributed by atoms with van der Waals surface area (Å²) in [5, 5.41) is -0.0533. The quantitative estimate of drug-likeness (QED) is 0.734. The first kappa shape index (κ1) is 21.2. The van der Waals surface area contributed by atoms with Crippen molar-refractivity contribution < 1.29 is 22.7 Å². The van der Waals surface area contributed by atoms with Crippen LogP contribution in [0.1, 0.15) is 17.5 Å². The van der Waals surface area contributed by atoms with Gasteiger partial charge in [-0.15, -0.1) is 0 Å². The fourth-order valence-electron chi connectivity index (χ4n) is 3.14. The molecule has 5 nitrogen and oxygen atoms in total. The van der Waals surface area contributed by atoms with Crippen LogP contribution in [-0.2, 0) is 11.0 Å². The Hall–Kier alpha value is -2.48. The molecule has 156 valence electrons. The monoisotopic (exact) mass is 427 g/mol. The lowest BCUT2D eigenvalue weighted by Gasteiger charge is -2.24. The van der Waals surface area contributed by atoms with Crippen molar-refractivity contribution in [3.8, 4) is 5.75 Å². The zero-order valence-electron chi connectivity index (χ0n) is 15.9. The highest BCUT2D eigenvalue weighted by atomic mass is 35.5. The van der Waals surface area contributed by atoms with E-state index in [4.69, 9.17) is 16.3 Å². The van der Waals surface area contributed by atoms with Crippen molar-refractivity contribution in [1.29, 1.82) is 0 Å². The van der Waals surface area contributed by atoms with E-state index in [9.17, 15) is 18.0 Å². The Labute approximate surface area is 172 Å². The van der Waals surface area contributed by atoms with Crippen molar-refractivity contribution in [2.75, 3.05) is 37.7 Å². The van der Waals surface area contributed by atoms with E-state index < -0.39 is 11.7 Å². The summed E-state index contributed by atoms with van der Waals surface area (Å²) in [5.41, 5.74) is 0.160. The molecule has 0 bridgehead atoms. The summed E-state index contributed by atoms with van der Waals surface area (Å²) in [5.74, 6) is 0.792. The van der Waals surface area contributed by atoms with E-state index in [0.29, 0.717) is 44.2 Å². The molecule has 1 aromatic heterocycles. The van der Waals surface area contributed by atoms with E-state index in [1.54, 1.807) is 15.9 Å². The zero-order chi connectivity index (χ0) is 21.0. The number of carbonyl (C=O) groups is 1. The molecule has 29 heavy (non-hydrogen) atoms. The summed E-state index contributed by atoms with van der Waals surface area (Å²) in [6, 6.07) is 8.34. The van der Waals surface area contributed by atoms with Crippen LogP contribution in [0.25, 0.3) is 0 Å². The van der Waals surface area contributed by atoms with Gasteiger partial charge in [-0.1, -0.05) is 23.7 Å². The number of carbonyl (C=O) groups excluding carboxylic acids is 1. The number of rotatable bonds is 4. The standard InChI is InChI=1S/C20H21ClF3N3O2/c1-14-4-2-5-16(10-14)29-13-18(28)26-6-3-7-27(9-8-26)19-17(21)11-15(12-25-19)20(22,23)24/h2,4-5,10-12H,3,6-9,13H2,1H3. The molecule has 1 fully saturated rings. The van der Waals surface area contributed by atoms with Crippen LogP contribution < -0.4 is 9.64 Å². The maximum Gasteiger partial charge on any atom is 0.417 e. The number of aryl methyl sites for hydroxylation is 1. The van der Waals surface area contributed by atoms with Gasteiger partial charge < -0.3 is 14.5 Å².